The van der Waals surface area contributed by atoms with Crippen LogP contribution in [-0.2, 0) is 0 Å². The Balaban J connectivity index is 2.15. The van der Waals surface area contributed by atoms with Crippen molar-refractivity contribution < 1.29 is 0 Å². The molecule has 3 nitrogen and oxygen atoms in total. The number of anilines is 2. The number of rotatable bonds is 8. The van der Waals surface area contributed by atoms with Gasteiger partial charge in [-0.15, -0.1) is 0 Å². The Kier molecular flexibility index (Phi) is 7.10. The highest BCUT2D eigenvalue weighted by Crippen LogP contribution is 2.26. The van der Waals surface area contributed by atoms with Crippen molar-refractivity contribution in [2.24, 2.45) is 0 Å². The highest BCUT2D eigenvalue weighted by Gasteiger charge is 2.13. The minimum Gasteiger partial charge on any atom is -0.383 e. The minimum atomic E-state index is 0.932. The second-order valence-electron chi connectivity index (χ2n) is 7.54. The summed E-state index contributed by atoms with van der Waals surface area (Å²) in [5, 5.41) is 6.96. The van der Waals surface area contributed by atoms with Crippen molar-refractivity contribution in [1.29, 1.82) is 0 Å². The molecular formula is C23H35N3. The van der Waals surface area contributed by atoms with Gasteiger partial charge in [-0.1, -0.05) is 35.4 Å². The molecule has 0 saturated carbocycles. The molecule has 2 N–H and O–H groups in total. The first-order chi connectivity index (χ1) is 12.3. The minimum absolute atomic E-state index is 0.932. The maximum atomic E-state index is 3.67. The first-order valence-electron chi connectivity index (χ1n) is 9.62. The number of likely N-dealkylation sites (N-methyl/N-ethyl adjacent to an activating group) is 1. The van der Waals surface area contributed by atoms with Crippen molar-refractivity contribution >= 4 is 11.4 Å². The zero-order valence-corrected chi connectivity index (χ0v) is 17.6. The van der Waals surface area contributed by atoms with Crippen LogP contribution in [0, 0.1) is 41.5 Å². The molecular weight excluding hydrogens is 318 g/mol. The Morgan fingerprint density at radius 3 is 1.65 bits per heavy atom. The highest BCUT2D eigenvalue weighted by molar-refractivity contribution is 5.61. The third kappa shape index (κ3) is 5.01. The van der Waals surface area contributed by atoms with Crippen LogP contribution in [-0.4, -0.2) is 33.2 Å². The van der Waals surface area contributed by atoms with Crippen molar-refractivity contribution in [3.05, 3.63) is 57.6 Å². The molecule has 0 radical (unpaired) electrons. The predicted molar refractivity (Wildman–Crippen MR) is 116 cm³/mol. The SMILES string of the molecule is CNCCN(CCNc1c(C)cc(C)cc1C)c1c(C)cc(C)cc1C. The molecule has 3 heteroatoms. The van der Waals surface area contributed by atoms with E-state index < -0.39 is 0 Å². The molecule has 0 fully saturated rings. The molecule has 2 aromatic carbocycles. The standard InChI is InChI=1S/C23H35N3/c1-16-12-18(3)22(19(4)13-16)25-9-11-26(10-8-24-7)23-20(5)14-17(2)15-21(23)6/h12-15,24-25H,8-11H2,1-7H3. The Hall–Kier alpha value is -2.00. The molecule has 0 unspecified atom stereocenters. The first-order valence-corrected chi connectivity index (χ1v) is 9.62. The zero-order chi connectivity index (χ0) is 19.3. The van der Waals surface area contributed by atoms with E-state index >= 15 is 0 Å². The normalized spacial score (nSPS) is 10.9. The van der Waals surface area contributed by atoms with E-state index in [1.165, 1.54) is 44.8 Å². The van der Waals surface area contributed by atoms with Gasteiger partial charge in [0.1, 0.15) is 0 Å². The lowest BCUT2D eigenvalue weighted by molar-refractivity contribution is 0.724. The van der Waals surface area contributed by atoms with Gasteiger partial charge < -0.3 is 15.5 Å². The van der Waals surface area contributed by atoms with Gasteiger partial charge in [-0.05, 0) is 70.8 Å². The van der Waals surface area contributed by atoms with Gasteiger partial charge in [-0.2, -0.15) is 0 Å². The van der Waals surface area contributed by atoms with Crippen LogP contribution in [0.25, 0.3) is 0 Å². The lowest BCUT2D eigenvalue weighted by Gasteiger charge is -2.29. The second kappa shape index (κ2) is 9.09. The van der Waals surface area contributed by atoms with Gasteiger partial charge in [0.15, 0.2) is 0 Å². The summed E-state index contributed by atoms with van der Waals surface area (Å²) >= 11 is 0. The quantitative estimate of drug-likeness (QED) is 0.722. The van der Waals surface area contributed by atoms with E-state index in [-0.39, 0.29) is 0 Å². The van der Waals surface area contributed by atoms with Gasteiger partial charge in [0, 0.05) is 37.6 Å². The Bertz CT molecular complexity index is 703. The first kappa shape index (κ1) is 20.3. The van der Waals surface area contributed by atoms with Crippen molar-refractivity contribution in [3.63, 3.8) is 0 Å². The molecule has 0 atom stereocenters. The van der Waals surface area contributed by atoms with Crippen LogP contribution in [0.3, 0.4) is 0 Å². The van der Waals surface area contributed by atoms with E-state index in [1.807, 2.05) is 7.05 Å². The molecule has 2 aromatic rings. The molecule has 26 heavy (non-hydrogen) atoms. The summed E-state index contributed by atoms with van der Waals surface area (Å²) < 4.78 is 0. The maximum absolute atomic E-state index is 3.67. The third-order valence-electron chi connectivity index (χ3n) is 4.94. The van der Waals surface area contributed by atoms with Crippen LogP contribution in [0.5, 0.6) is 0 Å². The van der Waals surface area contributed by atoms with Gasteiger partial charge in [0.05, 0.1) is 0 Å². The van der Waals surface area contributed by atoms with Gasteiger partial charge in [0.25, 0.3) is 0 Å². The van der Waals surface area contributed by atoms with Gasteiger partial charge in [-0.25, -0.2) is 0 Å². The van der Waals surface area contributed by atoms with E-state index in [9.17, 15) is 0 Å². The van der Waals surface area contributed by atoms with Crippen LogP contribution < -0.4 is 15.5 Å². The molecule has 0 aliphatic rings. The molecule has 0 aliphatic heterocycles. The summed E-state index contributed by atoms with van der Waals surface area (Å²) in [5.74, 6) is 0. The number of hydrogen-bond donors (Lipinski definition) is 2. The number of nitrogens with zero attached hydrogens (tertiary/aromatic N) is 1. The summed E-state index contributed by atoms with van der Waals surface area (Å²) in [4.78, 5) is 2.51. The zero-order valence-electron chi connectivity index (χ0n) is 17.6. The highest BCUT2D eigenvalue weighted by atomic mass is 15.2. The summed E-state index contributed by atoms with van der Waals surface area (Å²) in [6.45, 7) is 17.1. The maximum Gasteiger partial charge on any atom is 0.0426 e. The Morgan fingerprint density at radius 2 is 1.15 bits per heavy atom. The van der Waals surface area contributed by atoms with Crippen molar-refractivity contribution in [3.8, 4) is 0 Å². The molecule has 0 aliphatic carbocycles. The largest absolute Gasteiger partial charge is 0.383 e. The molecule has 2 rings (SSSR count). The lowest BCUT2D eigenvalue weighted by Crippen LogP contribution is -2.35. The average molecular weight is 354 g/mol. The predicted octanol–water partition coefficient (Wildman–Crippen LogP) is 4.68. The van der Waals surface area contributed by atoms with Crippen LogP contribution in [0.2, 0.25) is 0 Å². The average Bonchev–Trinajstić information content (AvgIpc) is 2.53. The molecule has 0 aromatic heterocycles. The van der Waals surface area contributed by atoms with Crippen LogP contribution in [0.1, 0.15) is 33.4 Å². The van der Waals surface area contributed by atoms with Gasteiger partial charge in [0.2, 0.25) is 0 Å². The topological polar surface area (TPSA) is 27.3 Å². The van der Waals surface area contributed by atoms with E-state index in [0.29, 0.717) is 0 Å². The Labute approximate surface area is 159 Å². The molecule has 142 valence electrons. The number of aryl methyl sites for hydroxylation is 6. The van der Waals surface area contributed by atoms with Crippen LogP contribution in [0.4, 0.5) is 11.4 Å². The molecule has 0 heterocycles. The molecule has 0 saturated heterocycles. The van der Waals surface area contributed by atoms with Crippen molar-refractivity contribution in [2.45, 2.75) is 41.5 Å². The van der Waals surface area contributed by atoms with E-state index in [0.717, 1.165) is 26.2 Å². The van der Waals surface area contributed by atoms with Gasteiger partial charge in [-0.3, -0.25) is 0 Å². The van der Waals surface area contributed by atoms with E-state index in [2.05, 4.69) is 81.3 Å². The monoisotopic (exact) mass is 353 g/mol. The van der Waals surface area contributed by atoms with Crippen LogP contribution in [0.15, 0.2) is 24.3 Å². The van der Waals surface area contributed by atoms with Crippen molar-refractivity contribution in [2.75, 3.05) is 43.4 Å². The molecule has 0 spiro atoms. The Morgan fingerprint density at radius 1 is 0.692 bits per heavy atom. The number of hydrogen-bond acceptors (Lipinski definition) is 3. The summed E-state index contributed by atoms with van der Waals surface area (Å²) in [7, 11) is 2.02. The summed E-state index contributed by atoms with van der Waals surface area (Å²) in [6.07, 6.45) is 0. The molecule has 0 bridgehead atoms. The van der Waals surface area contributed by atoms with Gasteiger partial charge >= 0.3 is 0 Å². The smallest absolute Gasteiger partial charge is 0.0426 e. The fourth-order valence-electron chi connectivity index (χ4n) is 4.03. The number of benzene rings is 2. The summed E-state index contributed by atoms with van der Waals surface area (Å²) in [5.41, 5.74) is 10.7. The fourth-order valence-corrected chi connectivity index (χ4v) is 4.03. The van der Waals surface area contributed by atoms with Crippen molar-refractivity contribution in [1.82, 2.24) is 5.32 Å². The third-order valence-corrected chi connectivity index (χ3v) is 4.94. The number of nitrogens with one attached hydrogen (secondary N) is 2. The van der Waals surface area contributed by atoms with E-state index in [1.54, 1.807) is 0 Å². The second-order valence-corrected chi connectivity index (χ2v) is 7.54. The van der Waals surface area contributed by atoms with Crippen LogP contribution >= 0.6 is 0 Å². The lowest BCUT2D eigenvalue weighted by atomic mass is 10.0. The summed E-state index contributed by atoms with van der Waals surface area (Å²) in [6, 6.07) is 9.08. The molecule has 0 amide bonds. The van der Waals surface area contributed by atoms with E-state index in [4.69, 9.17) is 0 Å². The fraction of sp³-hybridized carbons (Fsp3) is 0.478.